The second-order valence-corrected chi connectivity index (χ2v) is 61.1. The summed E-state index contributed by atoms with van der Waals surface area (Å²) in [6.07, 6.45) is 1.75. The molecule has 21 heavy (non-hydrogen) atoms. The minimum atomic E-state index is -5.42. The fourth-order valence-corrected chi connectivity index (χ4v) is 1.31. The van der Waals surface area contributed by atoms with Gasteiger partial charge in [-0.05, 0) is 12.1 Å². The fraction of sp³-hybridized carbons (Fsp3) is 0.222. The quantitative estimate of drug-likeness (QED) is 0.188. The summed E-state index contributed by atoms with van der Waals surface area (Å²) >= 11 is 0. The average Bonchev–Trinajstić information content (AvgIpc) is 2.51. The summed E-state index contributed by atoms with van der Waals surface area (Å²) in [6.45, 7) is 0. The number of halogens is 6. The van der Waals surface area contributed by atoms with Gasteiger partial charge in [-0.1, -0.05) is 16.8 Å². The van der Waals surface area contributed by atoms with Crippen molar-refractivity contribution >= 4 is 79.5 Å². The number of benzene rings is 1. The van der Waals surface area contributed by atoms with Crippen LogP contribution in [0.1, 0.15) is 0 Å². The van der Waals surface area contributed by atoms with Crippen LogP contribution >= 0.6 is 53.0 Å². The van der Waals surface area contributed by atoms with Crippen molar-refractivity contribution in [1.29, 1.82) is 0 Å². The SMILES string of the molecule is C[N+](C)=Cn1n[n+]([O-])c2ccccc21.[Cl][Sb-]([Cl])([Cl])([Cl])([Cl])[Cl]. The van der Waals surface area contributed by atoms with Crippen molar-refractivity contribution in [1.82, 2.24) is 9.90 Å². The molecular formula is C9H11Cl6N4OSb. The summed E-state index contributed by atoms with van der Waals surface area (Å²) in [7, 11) is 28.7. The Morgan fingerprint density at radius 3 is 2.10 bits per heavy atom. The molecule has 1 heterocycles. The van der Waals surface area contributed by atoms with Crippen molar-refractivity contribution in [3.63, 3.8) is 0 Å². The number of hydrogen-bond acceptors (Lipinski definition) is 2. The van der Waals surface area contributed by atoms with Crippen LogP contribution in [0.2, 0.25) is 0 Å². The molecule has 120 valence electrons. The zero-order valence-corrected chi connectivity index (χ0v) is 17.9. The van der Waals surface area contributed by atoms with Crippen LogP contribution in [-0.4, -0.2) is 44.0 Å². The first-order valence-corrected chi connectivity index (χ1v) is 24.7. The predicted octanol–water partition coefficient (Wildman–Crippen LogP) is 3.57. The van der Waals surface area contributed by atoms with Crippen LogP contribution < -0.4 is 4.85 Å². The molecule has 0 aliphatic carbocycles. The summed E-state index contributed by atoms with van der Waals surface area (Å²) in [5.74, 6) is 0. The second kappa shape index (κ2) is 5.94. The van der Waals surface area contributed by atoms with Gasteiger partial charge in [0.2, 0.25) is 11.0 Å². The van der Waals surface area contributed by atoms with Gasteiger partial charge in [-0.15, -0.1) is 4.85 Å². The van der Waals surface area contributed by atoms with Gasteiger partial charge in [0.15, 0.2) is 0 Å². The van der Waals surface area contributed by atoms with Gasteiger partial charge >= 0.3 is 62.1 Å². The molecule has 1 aromatic heterocycles. The van der Waals surface area contributed by atoms with E-state index in [2.05, 4.69) is 5.21 Å². The topological polar surface area (TPSA) is 47.8 Å². The zero-order chi connectivity index (χ0) is 16.5. The van der Waals surface area contributed by atoms with Gasteiger partial charge in [-0.3, -0.25) is 4.58 Å². The Morgan fingerprint density at radius 2 is 1.62 bits per heavy atom. The summed E-state index contributed by atoms with van der Waals surface area (Å²) in [5, 5.41) is 15.1. The first-order valence-electron chi connectivity index (χ1n) is 5.28. The third-order valence-corrected chi connectivity index (χ3v) is 1.85. The van der Waals surface area contributed by atoms with Gasteiger partial charge in [0.05, 0.1) is 14.1 Å². The molecule has 0 aliphatic rings. The van der Waals surface area contributed by atoms with E-state index in [-0.39, 0.29) is 0 Å². The van der Waals surface area contributed by atoms with E-state index in [4.69, 9.17) is 53.0 Å². The van der Waals surface area contributed by atoms with E-state index < -0.39 is 9.14 Å². The number of nitrogens with zero attached hydrogens (tertiary/aromatic N) is 4. The molecule has 12 heteroatoms. The summed E-state index contributed by atoms with van der Waals surface area (Å²) in [4.78, 5) is 0.620. The number of fused-ring (bicyclic) bond motifs is 1. The van der Waals surface area contributed by atoms with Crippen molar-refractivity contribution in [2.24, 2.45) is 0 Å². The molecule has 0 saturated carbocycles. The average molecular weight is 526 g/mol. The third-order valence-electron chi connectivity index (χ3n) is 1.85. The van der Waals surface area contributed by atoms with Gasteiger partial charge in [-0.2, -0.15) is 0 Å². The molecular weight excluding hydrogens is 515 g/mol. The zero-order valence-electron chi connectivity index (χ0n) is 10.8. The first kappa shape index (κ1) is 19.7. The van der Waals surface area contributed by atoms with Gasteiger partial charge in [0.1, 0.15) is 5.21 Å². The van der Waals surface area contributed by atoms with E-state index in [0.717, 1.165) is 5.52 Å². The molecule has 0 atom stereocenters. The summed E-state index contributed by atoms with van der Waals surface area (Å²) < 4.78 is 3.39. The van der Waals surface area contributed by atoms with E-state index in [0.29, 0.717) is 10.4 Å². The Balaban J connectivity index is 0.000000270. The molecule has 2 aromatic rings. The van der Waals surface area contributed by atoms with Crippen LogP contribution in [0.4, 0.5) is 0 Å². The summed E-state index contributed by atoms with van der Waals surface area (Å²) in [6, 6.07) is 7.30. The summed E-state index contributed by atoms with van der Waals surface area (Å²) in [5.41, 5.74) is 1.38. The predicted molar refractivity (Wildman–Crippen MR) is 93.1 cm³/mol. The molecule has 0 amide bonds. The normalized spacial score (nSPS) is 14.7. The molecule has 2 rings (SSSR count). The standard InChI is InChI=1S/C9H11N4O.6ClH.Sb/c1-11(2)7-12-8-5-3-4-6-9(8)13(14)10-12;;;;;;;/h3-7H,1-2H3;6*1H;/q+1;;;;;;;+5/p-6. The minimum absolute atomic E-state index is 0.575. The van der Waals surface area contributed by atoms with Crippen molar-refractivity contribution in [2.45, 2.75) is 0 Å². The number of hydrogen-bond donors (Lipinski definition) is 0. The monoisotopic (exact) mass is 522 g/mol. The molecule has 0 aliphatic heterocycles. The van der Waals surface area contributed by atoms with Crippen molar-refractivity contribution in [3.8, 4) is 0 Å². The molecule has 1 aromatic carbocycles. The number of rotatable bonds is 1. The van der Waals surface area contributed by atoms with Crippen LogP contribution in [-0.2, 0) is 0 Å². The molecule has 5 nitrogen and oxygen atoms in total. The van der Waals surface area contributed by atoms with E-state index >= 15 is 0 Å². The van der Waals surface area contributed by atoms with E-state index in [1.54, 1.807) is 17.1 Å². The Hall–Kier alpha value is 0.648. The molecule has 0 N–H and O–H groups in total. The Kier molecular flexibility index (Phi) is 5.57. The van der Waals surface area contributed by atoms with Gasteiger partial charge in [-0.25, -0.2) is 0 Å². The Labute approximate surface area is 141 Å². The fourth-order valence-electron chi connectivity index (χ4n) is 1.31. The van der Waals surface area contributed by atoms with Gasteiger partial charge < -0.3 is 5.21 Å². The van der Waals surface area contributed by atoms with Gasteiger partial charge in [0, 0.05) is 0 Å². The van der Waals surface area contributed by atoms with E-state index in [1.807, 2.05) is 36.9 Å². The maximum atomic E-state index is 11.3. The van der Waals surface area contributed by atoms with E-state index in [9.17, 15) is 5.21 Å². The first-order chi connectivity index (χ1) is 9.13. The van der Waals surface area contributed by atoms with Gasteiger partial charge in [0.25, 0.3) is 6.34 Å². The Morgan fingerprint density at radius 1 is 1.14 bits per heavy atom. The molecule has 0 fully saturated rings. The van der Waals surface area contributed by atoms with Crippen molar-refractivity contribution < 1.29 is 9.42 Å². The maximum absolute atomic E-state index is 11.3. The van der Waals surface area contributed by atoms with Crippen LogP contribution in [0.25, 0.3) is 11.0 Å². The van der Waals surface area contributed by atoms with Crippen molar-refractivity contribution in [2.75, 3.05) is 14.1 Å². The van der Waals surface area contributed by atoms with Crippen LogP contribution in [0.15, 0.2) is 24.3 Å². The van der Waals surface area contributed by atoms with Crippen LogP contribution in [0.3, 0.4) is 0 Å². The molecule has 0 radical (unpaired) electrons. The Bertz CT molecular complexity index is 677. The molecule has 0 unspecified atom stereocenters. The number of aromatic nitrogens is 3. The molecule has 0 saturated heterocycles. The van der Waals surface area contributed by atoms with Crippen molar-refractivity contribution in [3.05, 3.63) is 29.5 Å². The van der Waals surface area contributed by atoms with E-state index in [1.165, 1.54) is 0 Å². The van der Waals surface area contributed by atoms with Crippen LogP contribution in [0, 0.1) is 5.21 Å². The molecule has 0 bridgehead atoms. The number of para-hydroxylation sites is 2. The van der Waals surface area contributed by atoms with Crippen LogP contribution in [0.5, 0.6) is 0 Å². The second-order valence-electron chi connectivity index (χ2n) is 4.23. The third kappa shape index (κ3) is 9.39. The molecule has 0 spiro atoms.